The van der Waals surface area contributed by atoms with Crippen LogP contribution in [0.5, 0.6) is 0 Å². The lowest BCUT2D eigenvalue weighted by atomic mass is 10.1. The molecule has 8 heteroatoms. The number of rotatable bonds is 7. The molecule has 0 saturated heterocycles. The first-order valence-corrected chi connectivity index (χ1v) is 10.3. The van der Waals surface area contributed by atoms with Crippen LogP contribution in [0.15, 0.2) is 48.5 Å². The smallest absolute Gasteiger partial charge is 0.328 e. The van der Waals surface area contributed by atoms with E-state index in [1.165, 1.54) is 31.4 Å². The van der Waals surface area contributed by atoms with Gasteiger partial charge in [0.15, 0.2) is 0 Å². The van der Waals surface area contributed by atoms with E-state index in [-0.39, 0.29) is 0 Å². The Balaban J connectivity index is 1.75. The molecule has 150 valence electrons. The number of imide groups is 1. The number of hydrogen-bond acceptors (Lipinski definition) is 6. The normalized spacial score (nSPS) is 13.8. The van der Waals surface area contributed by atoms with Crippen molar-refractivity contribution in [3.63, 3.8) is 0 Å². The molecule has 1 aliphatic rings. The average Bonchev–Trinajstić information content (AvgIpc) is 3.01. The van der Waals surface area contributed by atoms with E-state index in [9.17, 15) is 19.2 Å². The molecule has 0 aliphatic carbocycles. The number of esters is 1. The van der Waals surface area contributed by atoms with Gasteiger partial charge in [0, 0.05) is 5.56 Å². The number of carbonyl (C=O) groups excluding carboxylic acids is 4. The molecule has 1 atom stereocenters. The molecule has 0 spiro atoms. The van der Waals surface area contributed by atoms with Gasteiger partial charge in [-0.3, -0.25) is 14.4 Å². The summed E-state index contributed by atoms with van der Waals surface area (Å²) in [6, 6.07) is 12.0. The van der Waals surface area contributed by atoms with Gasteiger partial charge in [-0.2, -0.15) is 11.8 Å². The van der Waals surface area contributed by atoms with Crippen molar-refractivity contribution in [3.05, 3.63) is 65.2 Å². The second-order valence-electron chi connectivity index (χ2n) is 6.37. The Morgan fingerprint density at radius 1 is 1.03 bits per heavy atom. The molecular weight excluding hydrogens is 392 g/mol. The molecule has 1 heterocycles. The van der Waals surface area contributed by atoms with Crippen LogP contribution < -0.4 is 10.2 Å². The maximum atomic E-state index is 12.6. The summed E-state index contributed by atoms with van der Waals surface area (Å²) in [6.07, 6.45) is 2.36. The zero-order chi connectivity index (χ0) is 21.0. The molecule has 0 bridgehead atoms. The van der Waals surface area contributed by atoms with Crippen molar-refractivity contribution in [1.29, 1.82) is 0 Å². The Morgan fingerprint density at radius 3 is 2.14 bits per heavy atom. The maximum Gasteiger partial charge on any atom is 0.328 e. The highest BCUT2D eigenvalue weighted by atomic mass is 32.2. The highest BCUT2D eigenvalue weighted by molar-refractivity contribution is 7.98. The van der Waals surface area contributed by atoms with Gasteiger partial charge in [-0.25, -0.2) is 9.69 Å². The van der Waals surface area contributed by atoms with Gasteiger partial charge in [0.1, 0.15) is 6.04 Å². The fourth-order valence-electron chi connectivity index (χ4n) is 3.05. The zero-order valence-electron chi connectivity index (χ0n) is 16.0. The molecule has 0 fully saturated rings. The monoisotopic (exact) mass is 412 g/mol. The van der Waals surface area contributed by atoms with E-state index in [1.54, 1.807) is 36.0 Å². The molecule has 0 saturated carbocycles. The second kappa shape index (κ2) is 8.91. The summed E-state index contributed by atoms with van der Waals surface area (Å²) in [7, 11) is 1.28. The first-order valence-electron chi connectivity index (χ1n) is 8.93. The number of nitrogens with one attached hydrogen (secondary N) is 1. The van der Waals surface area contributed by atoms with Crippen LogP contribution in [-0.2, 0) is 9.53 Å². The summed E-state index contributed by atoms with van der Waals surface area (Å²) in [5.41, 5.74) is 1.39. The van der Waals surface area contributed by atoms with E-state index < -0.39 is 29.7 Å². The van der Waals surface area contributed by atoms with Crippen molar-refractivity contribution in [2.24, 2.45) is 0 Å². The standard InChI is InChI=1S/C21H20N2O5S/c1-28-21(27)17(11-12-29-2)22-18(24)13-7-9-14(10-8-13)23-19(25)15-5-3-4-6-16(15)20(23)26/h3-10,17H,11-12H2,1-2H3,(H,22,24)/t17-/m0/s1. The molecule has 3 amide bonds. The van der Waals surface area contributed by atoms with Gasteiger partial charge in [0.25, 0.3) is 17.7 Å². The van der Waals surface area contributed by atoms with Crippen molar-refractivity contribution in [1.82, 2.24) is 5.32 Å². The molecule has 2 aromatic rings. The van der Waals surface area contributed by atoms with Crippen LogP contribution in [0, 0.1) is 0 Å². The van der Waals surface area contributed by atoms with Crippen molar-refractivity contribution in [3.8, 4) is 0 Å². The lowest BCUT2D eigenvalue weighted by molar-refractivity contribution is -0.142. The highest BCUT2D eigenvalue weighted by Crippen LogP contribution is 2.28. The Labute approximate surface area is 172 Å². The van der Waals surface area contributed by atoms with Gasteiger partial charge in [-0.15, -0.1) is 0 Å². The minimum absolute atomic E-state index is 0.309. The molecule has 1 aliphatic heterocycles. The number of carbonyl (C=O) groups is 4. The van der Waals surface area contributed by atoms with Crippen molar-refractivity contribution >= 4 is 41.1 Å². The van der Waals surface area contributed by atoms with E-state index in [1.807, 2.05) is 6.26 Å². The number of ether oxygens (including phenoxy) is 1. The minimum atomic E-state index is -0.740. The fourth-order valence-corrected chi connectivity index (χ4v) is 3.53. The van der Waals surface area contributed by atoms with Crippen molar-refractivity contribution < 1.29 is 23.9 Å². The van der Waals surface area contributed by atoms with Crippen LogP contribution in [0.2, 0.25) is 0 Å². The molecule has 0 radical (unpaired) electrons. The summed E-state index contributed by atoms with van der Waals surface area (Å²) in [5.74, 6) is -1.04. The number of fused-ring (bicyclic) bond motifs is 1. The van der Waals surface area contributed by atoms with Gasteiger partial charge in [0.05, 0.1) is 23.9 Å². The van der Waals surface area contributed by atoms with E-state index in [0.29, 0.717) is 34.6 Å². The van der Waals surface area contributed by atoms with Gasteiger partial charge in [-0.05, 0) is 54.8 Å². The van der Waals surface area contributed by atoms with Crippen LogP contribution >= 0.6 is 11.8 Å². The zero-order valence-corrected chi connectivity index (χ0v) is 16.8. The van der Waals surface area contributed by atoms with Crippen LogP contribution in [0.1, 0.15) is 37.5 Å². The molecular formula is C21H20N2O5S. The third-order valence-corrected chi connectivity index (χ3v) is 5.23. The molecule has 7 nitrogen and oxygen atoms in total. The van der Waals surface area contributed by atoms with Gasteiger partial charge in [-0.1, -0.05) is 12.1 Å². The van der Waals surface area contributed by atoms with Crippen molar-refractivity contribution in [2.45, 2.75) is 12.5 Å². The highest BCUT2D eigenvalue weighted by Gasteiger charge is 2.36. The fraction of sp³-hybridized carbons (Fsp3) is 0.238. The first kappa shape index (κ1) is 20.6. The predicted molar refractivity (Wildman–Crippen MR) is 110 cm³/mol. The molecule has 29 heavy (non-hydrogen) atoms. The summed E-state index contributed by atoms with van der Waals surface area (Å²) in [6.45, 7) is 0. The molecule has 0 unspecified atom stereocenters. The molecule has 2 aromatic carbocycles. The topological polar surface area (TPSA) is 92.8 Å². The third kappa shape index (κ3) is 4.17. The quantitative estimate of drug-likeness (QED) is 0.555. The number of benzene rings is 2. The Kier molecular flexibility index (Phi) is 6.33. The lowest BCUT2D eigenvalue weighted by Gasteiger charge is -2.17. The summed E-state index contributed by atoms with van der Waals surface area (Å²) in [5, 5.41) is 2.67. The largest absolute Gasteiger partial charge is 0.467 e. The van der Waals surface area contributed by atoms with Crippen LogP contribution in [0.3, 0.4) is 0 Å². The lowest BCUT2D eigenvalue weighted by Crippen LogP contribution is -2.42. The van der Waals surface area contributed by atoms with E-state index in [4.69, 9.17) is 4.74 Å². The van der Waals surface area contributed by atoms with Crippen LogP contribution in [0.4, 0.5) is 5.69 Å². The van der Waals surface area contributed by atoms with E-state index in [0.717, 1.165) is 4.90 Å². The van der Waals surface area contributed by atoms with Gasteiger partial charge >= 0.3 is 5.97 Å². The second-order valence-corrected chi connectivity index (χ2v) is 7.35. The minimum Gasteiger partial charge on any atom is -0.467 e. The van der Waals surface area contributed by atoms with Crippen LogP contribution in [0.25, 0.3) is 0 Å². The van der Waals surface area contributed by atoms with E-state index in [2.05, 4.69) is 5.32 Å². The Morgan fingerprint density at radius 2 is 1.62 bits per heavy atom. The molecule has 1 N–H and O–H groups in total. The van der Waals surface area contributed by atoms with Crippen molar-refractivity contribution in [2.75, 3.05) is 24.0 Å². The van der Waals surface area contributed by atoms with Gasteiger partial charge in [0.2, 0.25) is 0 Å². The summed E-state index contributed by atoms with van der Waals surface area (Å²) >= 11 is 1.56. The Bertz CT molecular complexity index is 923. The van der Waals surface area contributed by atoms with Crippen LogP contribution in [-0.4, -0.2) is 48.9 Å². The number of methoxy groups -OCH3 is 1. The van der Waals surface area contributed by atoms with E-state index >= 15 is 0 Å². The summed E-state index contributed by atoms with van der Waals surface area (Å²) < 4.78 is 4.74. The summed E-state index contributed by atoms with van der Waals surface area (Å²) in [4.78, 5) is 50.6. The predicted octanol–water partition coefficient (Wildman–Crippen LogP) is 2.51. The van der Waals surface area contributed by atoms with Gasteiger partial charge < -0.3 is 10.1 Å². The maximum absolute atomic E-state index is 12.6. The Hall–Kier alpha value is -3.13. The number of hydrogen-bond donors (Lipinski definition) is 1. The first-order chi connectivity index (χ1) is 14.0. The SMILES string of the molecule is COC(=O)[C@H](CCSC)NC(=O)c1ccc(N2C(=O)c3ccccc3C2=O)cc1. The number of thioether (sulfide) groups is 1. The third-order valence-electron chi connectivity index (χ3n) is 4.58. The average molecular weight is 412 g/mol. The number of amides is 3. The molecule has 3 rings (SSSR count). The number of nitrogens with zero attached hydrogens (tertiary/aromatic N) is 1. The molecule has 0 aromatic heterocycles. The number of anilines is 1.